The molecule has 3 N–H and O–H groups in total. The third-order valence-electron chi connectivity index (χ3n) is 5.23. The molecule has 6 heteroatoms. The molecule has 0 amide bonds. The number of amidine groups is 1. The Labute approximate surface area is 172 Å². The Morgan fingerprint density at radius 3 is 2.53 bits per heavy atom. The molecule has 0 spiro atoms. The summed E-state index contributed by atoms with van der Waals surface area (Å²) in [5.74, 6) is 0.0322. The molecule has 0 unspecified atom stereocenters. The Hall–Kier alpha value is -4.03. The summed E-state index contributed by atoms with van der Waals surface area (Å²) in [6.07, 6.45) is 3.86. The van der Waals surface area contributed by atoms with E-state index in [0.29, 0.717) is 0 Å². The first-order valence-electron chi connectivity index (χ1n) is 9.61. The molecule has 5 rings (SSSR count). The second-order valence-corrected chi connectivity index (χ2v) is 7.10. The molecule has 30 heavy (non-hydrogen) atoms. The number of rotatable bonds is 4. The molecular weight excluding hydrogens is 374 g/mol. The van der Waals surface area contributed by atoms with Gasteiger partial charge in [0.15, 0.2) is 0 Å². The van der Waals surface area contributed by atoms with Crippen molar-refractivity contribution in [2.24, 2.45) is 0 Å². The first-order chi connectivity index (χ1) is 14.7. The molecule has 0 saturated carbocycles. The Morgan fingerprint density at radius 2 is 1.70 bits per heavy atom. The molecule has 2 heterocycles. The van der Waals surface area contributed by atoms with E-state index in [4.69, 9.17) is 10.6 Å². The summed E-state index contributed by atoms with van der Waals surface area (Å²) in [5, 5.41) is 17.9. The van der Waals surface area contributed by atoms with E-state index in [9.17, 15) is 0 Å². The first-order valence-corrected chi connectivity index (χ1v) is 9.61. The number of hydrogen-bond acceptors (Lipinski definition) is 4. The van der Waals surface area contributed by atoms with Crippen LogP contribution in [0, 0.1) is 5.41 Å². The van der Waals surface area contributed by atoms with Crippen molar-refractivity contribution >= 4 is 27.8 Å². The Kier molecular flexibility index (Phi) is 4.46. The summed E-state index contributed by atoms with van der Waals surface area (Å²) in [6.45, 7) is 0. The van der Waals surface area contributed by atoms with Crippen molar-refractivity contribution in [1.29, 1.82) is 5.41 Å². The van der Waals surface area contributed by atoms with Gasteiger partial charge in [-0.05, 0) is 34.9 Å². The molecule has 0 aliphatic rings. The van der Waals surface area contributed by atoms with E-state index >= 15 is 0 Å². The van der Waals surface area contributed by atoms with E-state index in [1.165, 1.54) is 0 Å². The molecule has 0 aliphatic carbocycles. The zero-order valence-electron chi connectivity index (χ0n) is 16.1. The molecule has 3 aromatic carbocycles. The third kappa shape index (κ3) is 3.09. The quantitative estimate of drug-likeness (QED) is 0.234. The highest BCUT2D eigenvalue weighted by Gasteiger charge is 2.14. The monoisotopic (exact) mass is 393 g/mol. The lowest BCUT2D eigenvalue weighted by Gasteiger charge is -2.13. The number of para-hydroxylation sites is 1. The number of hydroxylamine groups is 1. The van der Waals surface area contributed by atoms with Gasteiger partial charge in [0.1, 0.15) is 17.7 Å². The maximum absolute atomic E-state index is 9.07. The van der Waals surface area contributed by atoms with Crippen molar-refractivity contribution in [2.45, 2.75) is 6.42 Å². The van der Waals surface area contributed by atoms with Gasteiger partial charge in [-0.1, -0.05) is 54.6 Å². The lowest BCUT2D eigenvalue weighted by atomic mass is 10.0. The summed E-state index contributed by atoms with van der Waals surface area (Å²) in [6, 6.07) is 24.4. The molecule has 0 fully saturated rings. The van der Waals surface area contributed by atoms with E-state index in [0.717, 1.165) is 44.3 Å². The summed E-state index contributed by atoms with van der Waals surface area (Å²) < 4.78 is 2.04. The fourth-order valence-electron chi connectivity index (χ4n) is 3.81. The van der Waals surface area contributed by atoms with Gasteiger partial charge in [0.25, 0.3) is 0 Å². The molecular formula is C24H19N5O. The van der Waals surface area contributed by atoms with Crippen LogP contribution < -0.4 is 5.48 Å². The van der Waals surface area contributed by atoms with Crippen LogP contribution in [0.15, 0.2) is 85.3 Å². The summed E-state index contributed by atoms with van der Waals surface area (Å²) >= 11 is 0. The maximum Gasteiger partial charge on any atom is 0.122 e. The van der Waals surface area contributed by atoms with E-state index < -0.39 is 0 Å². The minimum Gasteiger partial charge on any atom is -0.298 e. The van der Waals surface area contributed by atoms with E-state index in [1.807, 2.05) is 58.6 Å². The van der Waals surface area contributed by atoms with Gasteiger partial charge in [0, 0.05) is 11.8 Å². The number of benzene rings is 3. The van der Waals surface area contributed by atoms with Crippen LogP contribution in [-0.4, -0.2) is 25.6 Å². The van der Waals surface area contributed by atoms with Crippen molar-refractivity contribution in [3.63, 3.8) is 0 Å². The van der Waals surface area contributed by atoms with Crippen molar-refractivity contribution in [3.8, 4) is 16.8 Å². The van der Waals surface area contributed by atoms with Crippen LogP contribution in [0.4, 0.5) is 0 Å². The molecule has 0 atom stereocenters. The van der Waals surface area contributed by atoms with E-state index in [-0.39, 0.29) is 12.3 Å². The van der Waals surface area contributed by atoms with Gasteiger partial charge >= 0.3 is 0 Å². The predicted octanol–water partition coefficient (Wildman–Crippen LogP) is 4.74. The topological polar surface area (TPSA) is 86.8 Å². The highest BCUT2D eigenvalue weighted by Crippen LogP contribution is 2.30. The number of nitrogens with one attached hydrogen (secondary N) is 2. The molecule has 146 valence electrons. The molecule has 0 radical (unpaired) electrons. The first kappa shape index (κ1) is 18.0. The van der Waals surface area contributed by atoms with Crippen LogP contribution in [0.5, 0.6) is 0 Å². The zero-order valence-corrected chi connectivity index (χ0v) is 16.1. The van der Waals surface area contributed by atoms with Crippen molar-refractivity contribution in [2.75, 3.05) is 0 Å². The fourth-order valence-corrected chi connectivity index (χ4v) is 3.81. The highest BCUT2D eigenvalue weighted by molar-refractivity contribution is 6.04. The third-order valence-corrected chi connectivity index (χ3v) is 5.23. The van der Waals surface area contributed by atoms with Crippen molar-refractivity contribution < 1.29 is 5.21 Å². The normalized spacial score (nSPS) is 11.1. The second kappa shape index (κ2) is 7.42. The Morgan fingerprint density at radius 1 is 0.900 bits per heavy atom. The van der Waals surface area contributed by atoms with Crippen LogP contribution in [0.3, 0.4) is 0 Å². The van der Waals surface area contributed by atoms with Gasteiger partial charge in [0.2, 0.25) is 0 Å². The number of hydrogen-bond donors (Lipinski definition) is 3. The largest absolute Gasteiger partial charge is 0.298 e. The van der Waals surface area contributed by atoms with Crippen molar-refractivity contribution in [3.05, 3.63) is 90.9 Å². The number of pyridine rings is 1. The predicted molar refractivity (Wildman–Crippen MR) is 118 cm³/mol. The summed E-state index contributed by atoms with van der Waals surface area (Å²) in [5.41, 5.74) is 8.67. The SMILES string of the molecule is N=C(Cc1ccccc1-n1cnc2cnc3ccc(-c4ccccc4)cc3c21)NO. The smallest absolute Gasteiger partial charge is 0.122 e. The van der Waals surface area contributed by atoms with Gasteiger partial charge in [-0.2, -0.15) is 0 Å². The number of imidazole rings is 1. The van der Waals surface area contributed by atoms with Gasteiger partial charge in [-0.15, -0.1) is 0 Å². The Balaban J connectivity index is 1.75. The standard InChI is InChI=1S/C24H19N5O/c25-23(28-30)13-18-8-4-5-9-22(18)29-15-27-21-14-26-20-11-10-17(12-19(20)24(21)29)16-6-2-1-3-7-16/h1-12,14-15,30H,13H2,(H2,25,28). The fraction of sp³-hybridized carbons (Fsp3) is 0.0417. The molecule has 0 bridgehead atoms. The van der Waals surface area contributed by atoms with Gasteiger partial charge in [-0.25, -0.2) is 4.98 Å². The van der Waals surface area contributed by atoms with Gasteiger partial charge < -0.3 is 0 Å². The minimum absolute atomic E-state index is 0.0322. The molecule has 0 aliphatic heterocycles. The van der Waals surface area contributed by atoms with Gasteiger partial charge in [-0.3, -0.25) is 25.6 Å². The van der Waals surface area contributed by atoms with Gasteiger partial charge in [0.05, 0.1) is 22.9 Å². The average Bonchev–Trinajstić information content (AvgIpc) is 3.24. The van der Waals surface area contributed by atoms with Crippen LogP contribution in [0.1, 0.15) is 5.56 Å². The Bertz CT molecular complexity index is 1370. The second-order valence-electron chi connectivity index (χ2n) is 7.10. The maximum atomic E-state index is 9.07. The molecule has 0 saturated heterocycles. The lowest BCUT2D eigenvalue weighted by Crippen LogP contribution is -2.20. The zero-order chi connectivity index (χ0) is 20.5. The van der Waals surface area contributed by atoms with Crippen LogP contribution in [-0.2, 0) is 6.42 Å². The molecule has 6 nitrogen and oxygen atoms in total. The van der Waals surface area contributed by atoms with Crippen LogP contribution >= 0.6 is 0 Å². The van der Waals surface area contributed by atoms with E-state index in [2.05, 4.69) is 34.2 Å². The summed E-state index contributed by atoms with van der Waals surface area (Å²) in [7, 11) is 0. The minimum atomic E-state index is 0.0322. The number of nitrogens with zero attached hydrogens (tertiary/aromatic N) is 3. The van der Waals surface area contributed by atoms with Crippen LogP contribution in [0.25, 0.3) is 38.8 Å². The molecule has 2 aromatic heterocycles. The number of aromatic nitrogens is 3. The highest BCUT2D eigenvalue weighted by atomic mass is 16.5. The number of fused-ring (bicyclic) bond motifs is 3. The molecule has 5 aromatic rings. The van der Waals surface area contributed by atoms with Crippen molar-refractivity contribution in [1.82, 2.24) is 20.0 Å². The van der Waals surface area contributed by atoms with E-state index in [1.54, 1.807) is 12.5 Å². The van der Waals surface area contributed by atoms with Crippen LogP contribution in [0.2, 0.25) is 0 Å². The average molecular weight is 393 g/mol. The lowest BCUT2D eigenvalue weighted by molar-refractivity contribution is 0.231. The summed E-state index contributed by atoms with van der Waals surface area (Å²) in [4.78, 5) is 9.15.